The lowest BCUT2D eigenvalue weighted by Gasteiger charge is -2.27. The first kappa shape index (κ1) is 25.1. The van der Waals surface area contributed by atoms with Crippen LogP contribution in [0.4, 0.5) is 5.69 Å². The molecule has 2 saturated carbocycles. The first-order chi connectivity index (χ1) is 16.9. The standard InChI is InChI=1S/C29H37NO5/c1-4-35-27-17-21(16-26(34-3)18(27)2)23-14-13-22(15-20(23)12-11-19-9-10-19)30-28(31)24-7-5-6-8-25(24)29(32)33/h13-17,19,24-25H,4-12H2,1-3H3,(H,30,31)(H,32,33)/t24-,25-/m1/s1. The summed E-state index contributed by atoms with van der Waals surface area (Å²) in [5.41, 5.74) is 4.99. The molecule has 0 aliphatic heterocycles. The minimum absolute atomic E-state index is 0.186. The fourth-order valence-corrected chi connectivity index (χ4v) is 5.24. The molecule has 4 rings (SSSR count). The number of aliphatic carboxylic acids is 1. The SMILES string of the molecule is CCOc1cc(-c2ccc(NC(=O)[C@@H]3CCCC[C@H]3C(=O)O)cc2CCC2CC2)cc(OC)c1C. The number of carbonyl (C=O) groups excluding carboxylic acids is 1. The molecule has 6 nitrogen and oxygen atoms in total. The molecular formula is C29H37NO5. The van der Waals surface area contributed by atoms with Gasteiger partial charge in [0.2, 0.25) is 5.91 Å². The highest BCUT2D eigenvalue weighted by molar-refractivity contribution is 5.95. The summed E-state index contributed by atoms with van der Waals surface area (Å²) >= 11 is 0. The third kappa shape index (κ3) is 5.98. The molecule has 188 valence electrons. The minimum atomic E-state index is -0.872. The van der Waals surface area contributed by atoms with Gasteiger partial charge in [0, 0.05) is 11.3 Å². The molecule has 0 radical (unpaired) electrons. The molecule has 2 aliphatic rings. The summed E-state index contributed by atoms with van der Waals surface area (Å²) < 4.78 is 11.5. The van der Waals surface area contributed by atoms with E-state index >= 15 is 0 Å². The molecule has 2 aromatic carbocycles. The molecule has 2 aromatic rings. The monoisotopic (exact) mass is 479 g/mol. The van der Waals surface area contributed by atoms with Crippen LogP contribution in [0.15, 0.2) is 30.3 Å². The molecule has 0 heterocycles. The summed E-state index contributed by atoms with van der Waals surface area (Å²) in [5, 5.41) is 12.6. The lowest BCUT2D eigenvalue weighted by atomic mass is 9.78. The number of carboxylic acid groups (broad SMARTS) is 1. The zero-order valence-electron chi connectivity index (χ0n) is 21.1. The molecule has 2 atom stereocenters. The summed E-state index contributed by atoms with van der Waals surface area (Å²) in [6.07, 6.45) is 7.57. The van der Waals surface area contributed by atoms with Crippen LogP contribution in [0.5, 0.6) is 11.5 Å². The van der Waals surface area contributed by atoms with Gasteiger partial charge >= 0.3 is 5.97 Å². The van der Waals surface area contributed by atoms with Gasteiger partial charge in [0.15, 0.2) is 0 Å². The van der Waals surface area contributed by atoms with E-state index in [1.54, 1.807) is 7.11 Å². The zero-order valence-corrected chi connectivity index (χ0v) is 21.1. The van der Waals surface area contributed by atoms with E-state index in [0.717, 1.165) is 65.5 Å². The van der Waals surface area contributed by atoms with Crippen LogP contribution in [0, 0.1) is 24.7 Å². The van der Waals surface area contributed by atoms with Crippen LogP contribution >= 0.6 is 0 Å². The molecule has 0 unspecified atom stereocenters. The van der Waals surface area contributed by atoms with Crippen LogP contribution < -0.4 is 14.8 Å². The van der Waals surface area contributed by atoms with Crippen molar-refractivity contribution in [1.29, 1.82) is 0 Å². The summed E-state index contributed by atoms with van der Waals surface area (Å²) in [6, 6.07) is 10.1. The molecule has 6 heteroatoms. The van der Waals surface area contributed by atoms with E-state index in [9.17, 15) is 14.7 Å². The lowest BCUT2D eigenvalue weighted by Crippen LogP contribution is -2.36. The lowest BCUT2D eigenvalue weighted by molar-refractivity contribution is -0.147. The van der Waals surface area contributed by atoms with Crippen molar-refractivity contribution in [3.63, 3.8) is 0 Å². The Morgan fingerprint density at radius 2 is 1.74 bits per heavy atom. The van der Waals surface area contributed by atoms with Crippen molar-refractivity contribution in [2.75, 3.05) is 19.0 Å². The van der Waals surface area contributed by atoms with Crippen molar-refractivity contribution in [3.05, 3.63) is 41.5 Å². The number of nitrogens with one attached hydrogen (secondary N) is 1. The Morgan fingerprint density at radius 3 is 2.40 bits per heavy atom. The van der Waals surface area contributed by atoms with Crippen LogP contribution in [-0.4, -0.2) is 30.7 Å². The maximum absolute atomic E-state index is 13.1. The molecule has 0 spiro atoms. The van der Waals surface area contributed by atoms with E-state index in [1.165, 1.54) is 18.4 Å². The normalized spacial score (nSPS) is 19.7. The molecule has 35 heavy (non-hydrogen) atoms. The Hall–Kier alpha value is -3.02. The molecule has 0 bridgehead atoms. The van der Waals surface area contributed by atoms with Gasteiger partial charge < -0.3 is 19.9 Å². The van der Waals surface area contributed by atoms with E-state index in [1.807, 2.05) is 32.0 Å². The van der Waals surface area contributed by atoms with Gasteiger partial charge in [0.25, 0.3) is 0 Å². The largest absolute Gasteiger partial charge is 0.496 e. The number of hydrogen-bond acceptors (Lipinski definition) is 4. The topological polar surface area (TPSA) is 84.9 Å². The molecular weight excluding hydrogens is 442 g/mol. The van der Waals surface area contributed by atoms with Gasteiger partial charge in [0.05, 0.1) is 25.6 Å². The maximum Gasteiger partial charge on any atom is 0.307 e. The van der Waals surface area contributed by atoms with Gasteiger partial charge in [-0.15, -0.1) is 0 Å². The number of carbonyl (C=O) groups is 2. The summed E-state index contributed by atoms with van der Waals surface area (Å²) in [6.45, 7) is 4.54. The predicted octanol–water partition coefficient (Wildman–Crippen LogP) is 6.24. The third-order valence-corrected chi connectivity index (χ3v) is 7.45. The minimum Gasteiger partial charge on any atom is -0.496 e. The van der Waals surface area contributed by atoms with Gasteiger partial charge in [0.1, 0.15) is 11.5 Å². The van der Waals surface area contributed by atoms with Crippen molar-refractivity contribution in [3.8, 4) is 22.6 Å². The van der Waals surface area contributed by atoms with E-state index < -0.39 is 17.8 Å². The molecule has 2 aliphatic carbocycles. The highest BCUT2D eigenvalue weighted by Crippen LogP contribution is 2.39. The van der Waals surface area contributed by atoms with Gasteiger partial charge in [-0.3, -0.25) is 9.59 Å². The van der Waals surface area contributed by atoms with Crippen molar-refractivity contribution < 1.29 is 24.2 Å². The molecule has 0 saturated heterocycles. The highest BCUT2D eigenvalue weighted by atomic mass is 16.5. The van der Waals surface area contributed by atoms with Crippen LogP contribution in [0.25, 0.3) is 11.1 Å². The van der Waals surface area contributed by atoms with Crippen molar-refractivity contribution >= 4 is 17.6 Å². The van der Waals surface area contributed by atoms with Gasteiger partial charge in [-0.1, -0.05) is 31.7 Å². The van der Waals surface area contributed by atoms with Gasteiger partial charge in [-0.25, -0.2) is 0 Å². The highest BCUT2D eigenvalue weighted by Gasteiger charge is 2.35. The zero-order chi connectivity index (χ0) is 24.9. The Bertz CT molecular complexity index is 1070. The van der Waals surface area contributed by atoms with Crippen LogP contribution in [0.2, 0.25) is 0 Å². The molecule has 1 amide bonds. The second-order valence-electron chi connectivity index (χ2n) is 9.91. The van der Waals surface area contributed by atoms with Gasteiger partial charge in [-0.2, -0.15) is 0 Å². The number of rotatable bonds is 10. The first-order valence-electron chi connectivity index (χ1n) is 12.9. The van der Waals surface area contributed by atoms with Crippen LogP contribution in [0.1, 0.15) is 63.0 Å². The quantitative estimate of drug-likeness (QED) is 0.421. The van der Waals surface area contributed by atoms with E-state index in [-0.39, 0.29) is 5.91 Å². The smallest absolute Gasteiger partial charge is 0.307 e. The number of aryl methyl sites for hydroxylation is 1. The summed E-state index contributed by atoms with van der Waals surface area (Å²) in [5.74, 6) is 0.238. The number of carboxylic acids is 1. The van der Waals surface area contributed by atoms with E-state index in [2.05, 4.69) is 17.4 Å². The predicted molar refractivity (Wildman–Crippen MR) is 137 cm³/mol. The number of ether oxygens (including phenoxy) is 2. The fourth-order valence-electron chi connectivity index (χ4n) is 5.24. The van der Waals surface area contributed by atoms with Crippen LogP contribution in [-0.2, 0) is 16.0 Å². The van der Waals surface area contributed by atoms with Gasteiger partial charge in [-0.05, 0) is 86.4 Å². The average Bonchev–Trinajstić information content (AvgIpc) is 3.69. The van der Waals surface area contributed by atoms with Crippen molar-refractivity contribution in [2.45, 2.75) is 65.2 Å². The Balaban J connectivity index is 1.63. The number of hydrogen-bond donors (Lipinski definition) is 2. The third-order valence-electron chi connectivity index (χ3n) is 7.45. The molecule has 2 N–H and O–H groups in total. The number of anilines is 1. The molecule has 0 aromatic heterocycles. The summed E-state index contributed by atoms with van der Waals surface area (Å²) in [4.78, 5) is 24.7. The van der Waals surface area contributed by atoms with Crippen molar-refractivity contribution in [1.82, 2.24) is 0 Å². The number of amides is 1. The maximum atomic E-state index is 13.1. The second-order valence-corrected chi connectivity index (χ2v) is 9.91. The first-order valence-corrected chi connectivity index (χ1v) is 12.9. The van der Waals surface area contributed by atoms with E-state index in [4.69, 9.17) is 9.47 Å². The Morgan fingerprint density at radius 1 is 1.03 bits per heavy atom. The van der Waals surface area contributed by atoms with Crippen LogP contribution in [0.3, 0.4) is 0 Å². The van der Waals surface area contributed by atoms with E-state index in [0.29, 0.717) is 19.4 Å². The Labute approximate surface area is 208 Å². The average molecular weight is 480 g/mol. The second kappa shape index (κ2) is 11.1. The Kier molecular flexibility index (Phi) is 7.99. The summed E-state index contributed by atoms with van der Waals surface area (Å²) in [7, 11) is 1.67. The van der Waals surface area contributed by atoms with Crippen molar-refractivity contribution in [2.24, 2.45) is 17.8 Å². The number of methoxy groups -OCH3 is 1. The molecule has 2 fully saturated rings. The number of benzene rings is 2. The fraction of sp³-hybridized carbons (Fsp3) is 0.517.